The van der Waals surface area contributed by atoms with Gasteiger partial charge >= 0.3 is 0 Å². The molecule has 4 nitrogen and oxygen atoms in total. The van der Waals surface area contributed by atoms with E-state index in [2.05, 4.69) is 28.8 Å². The number of piperazine rings is 1. The molecule has 1 atom stereocenters. The van der Waals surface area contributed by atoms with Gasteiger partial charge in [-0.1, -0.05) is 0 Å². The normalized spacial score (nSPS) is 22.4. The molecule has 1 aliphatic rings. The van der Waals surface area contributed by atoms with E-state index in [1.54, 1.807) is 0 Å². The van der Waals surface area contributed by atoms with E-state index < -0.39 is 0 Å². The Morgan fingerprint density at radius 3 is 2.81 bits per heavy atom. The standard InChI is InChI=1S/C12H20N4/c1-9-6-11(13)12(14-7-9)16-5-4-15(3)10(2)8-16/h6-7,10H,4-5,8,13H2,1-3H3. The number of nitrogens with zero attached hydrogens (tertiary/aromatic N) is 3. The molecule has 1 aromatic rings. The molecule has 2 rings (SSSR count). The van der Waals surface area contributed by atoms with Crippen LogP contribution in [0.1, 0.15) is 12.5 Å². The number of anilines is 2. The predicted octanol–water partition coefficient (Wildman–Crippen LogP) is 1.11. The predicted molar refractivity (Wildman–Crippen MR) is 67.7 cm³/mol. The first-order chi connectivity index (χ1) is 7.58. The number of rotatable bonds is 1. The van der Waals surface area contributed by atoms with E-state index in [4.69, 9.17) is 5.73 Å². The summed E-state index contributed by atoms with van der Waals surface area (Å²) in [6.07, 6.45) is 1.88. The van der Waals surface area contributed by atoms with Gasteiger partial charge in [0.25, 0.3) is 0 Å². The molecule has 0 spiro atoms. The molecule has 1 saturated heterocycles. The van der Waals surface area contributed by atoms with Crippen LogP contribution in [0.25, 0.3) is 0 Å². The Kier molecular flexibility index (Phi) is 3.01. The van der Waals surface area contributed by atoms with E-state index in [-0.39, 0.29) is 0 Å². The highest BCUT2D eigenvalue weighted by Crippen LogP contribution is 2.23. The summed E-state index contributed by atoms with van der Waals surface area (Å²) in [5.41, 5.74) is 7.92. The van der Waals surface area contributed by atoms with Crippen LogP contribution in [0.15, 0.2) is 12.3 Å². The van der Waals surface area contributed by atoms with E-state index in [1.807, 2.05) is 19.2 Å². The Balaban J connectivity index is 2.18. The fourth-order valence-electron chi connectivity index (χ4n) is 2.09. The lowest BCUT2D eigenvalue weighted by Gasteiger charge is -2.38. The van der Waals surface area contributed by atoms with Crippen LogP contribution in [-0.2, 0) is 0 Å². The number of aromatic nitrogens is 1. The highest BCUT2D eigenvalue weighted by Gasteiger charge is 2.22. The van der Waals surface area contributed by atoms with Gasteiger partial charge < -0.3 is 15.5 Å². The van der Waals surface area contributed by atoms with Gasteiger partial charge in [0.1, 0.15) is 0 Å². The molecule has 0 radical (unpaired) electrons. The Morgan fingerprint density at radius 1 is 1.44 bits per heavy atom. The lowest BCUT2D eigenvalue weighted by molar-refractivity contribution is 0.233. The highest BCUT2D eigenvalue weighted by molar-refractivity contribution is 5.63. The van der Waals surface area contributed by atoms with Gasteiger partial charge in [-0.3, -0.25) is 0 Å². The van der Waals surface area contributed by atoms with Crippen LogP contribution in [0, 0.1) is 6.92 Å². The summed E-state index contributed by atoms with van der Waals surface area (Å²) in [7, 11) is 2.16. The summed E-state index contributed by atoms with van der Waals surface area (Å²) < 4.78 is 0. The second-order valence-corrected chi connectivity index (χ2v) is 4.70. The zero-order chi connectivity index (χ0) is 11.7. The largest absolute Gasteiger partial charge is 0.396 e. The number of nitrogen functional groups attached to an aromatic ring is 1. The first kappa shape index (κ1) is 11.2. The summed E-state index contributed by atoms with van der Waals surface area (Å²) in [5.74, 6) is 0.936. The van der Waals surface area contributed by atoms with Crippen molar-refractivity contribution in [3.8, 4) is 0 Å². The first-order valence-electron chi connectivity index (χ1n) is 5.75. The molecule has 0 amide bonds. The zero-order valence-corrected chi connectivity index (χ0v) is 10.3. The van der Waals surface area contributed by atoms with Gasteiger partial charge in [0.2, 0.25) is 0 Å². The van der Waals surface area contributed by atoms with Crippen molar-refractivity contribution in [2.45, 2.75) is 19.9 Å². The molecule has 16 heavy (non-hydrogen) atoms. The van der Waals surface area contributed by atoms with Crippen molar-refractivity contribution in [2.24, 2.45) is 0 Å². The van der Waals surface area contributed by atoms with Crippen LogP contribution < -0.4 is 10.6 Å². The number of likely N-dealkylation sites (N-methyl/N-ethyl adjacent to an activating group) is 1. The van der Waals surface area contributed by atoms with Crippen molar-refractivity contribution in [1.29, 1.82) is 0 Å². The fourth-order valence-corrected chi connectivity index (χ4v) is 2.09. The third-order valence-corrected chi connectivity index (χ3v) is 3.29. The summed E-state index contributed by atoms with van der Waals surface area (Å²) in [4.78, 5) is 9.08. The number of hydrogen-bond acceptors (Lipinski definition) is 4. The summed E-state index contributed by atoms with van der Waals surface area (Å²) in [6, 6.07) is 2.54. The smallest absolute Gasteiger partial charge is 0.151 e. The molecule has 0 saturated carbocycles. The maximum absolute atomic E-state index is 6.01. The Labute approximate surface area is 97.1 Å². The maximum atomic E-state index is 6.01. The van der Waals surface area contributed by atoms with Crippen LogP contribution in [0.3, 0.4) is 0 Å². The van der Waals surface area contributed by atoms with Gasteiger partial charge in [-0.25, -0.2) is 4.98 Å². The van der Waals surface area contributed by atoms with Crippen LogP contribution in [0.4, 0.5) is 11.5 Å². The Morgan fingerprint density at radius 2 is 2.19 bits per heavy atom. The molecule has 1 unspecified atom stereocenters. The minimum absolute atomic E-state index is 0.552. The molecular formula is C12H20N4. The average molecular weight is 220 g/mol. The third-order valence-electron chi connectivity index (χ3n) is 3.29. The molecule has 4 heteroatoms. The number of aryl methyl sites for hydroxylation is 1. The van der Waals surface area contributed by atoms with Crippen LogP contribution in [-0.4, -0.2) is 42.6 Å². The van der Waals surface area contributed by atoms with Crippen molar-refractivity contribution < 1.29 is 0 Å². The minimum Gasteiger partial charge on any atom is -0.396 e. The van der Waals surface area contributed by atoms with Gasteiger partial charge in [0, 0.05) is 31.9 Å². The van der Waals surface area contributed by atoms with E-state index in [0.717, 1.165) is 36.7 Å². The second-order valence-electron chi connectivity index (χ2n) is 4.70. The van der Waals surface area contributed by atoms with Gasteiger partial charge in [-0.05, 0) is 32.5 Å². The van der Waals surface area contributed by atoms with Crippen molar-refractivity contribution in [1.82, 2.24) is 9.88 Å². The van der Waals surface area contributed by atoms with Crippen LogP contribution in [0.5, 0.6) is 0 Å². The molecule has 0 aliphatic carbocycles. The fraction of sp³-hybridized carbons (Fsp3) is 0.583. The maximum Gasteiger partial charge on any atom is 0.151 e. The van der Waals surface area contributed by atoms with E-state index in [9.17, 15) is 0 Å². The summed E-state index contributed by atoms with van der Waals surface area (Å²) in [5, 5.41) is 0. The van der Waals surface area contributed by atoms with E-state index >= 15 is 0 Å². The SMILES string of the molecule is Cc1cnc(N2CCN(C)C(C)C2)c(N)c1. The van der Waals surface area contributed by atoms with Gasteiger partial charge in [-0.2, -0.15) is 0 Å². The van der Waals surface area contributed by atoms with Crippen molar-refractivity contribution >= 4 is 11.5 Å². The van der Waals surface area contributed by atoms with Crippen LogP contribution >= 0.6 is 0 Å². The number of hydrogen-bond donors (Lipinski definition) is 1. The summed E-state index contributed by atoms with van der Waals surface area (Å²) >= 11 is 0. The second kappa shape index (κ2) is 4.29. The molecule has 1 fully saturated rings. The molecule has 1 aliphatic heterocycles. The van der Waals surface area contributed by atoms with Crippen LogP contribution in [0.2, 0.25) is 0 Å². The quantitative estimate of drug-likeness (QED) is 0.770. The van der Waals surface area contributed by atoms with Crippen molar-refractivity contribution in [2.75, 3.05) is 37.3 Å². The molecule has 88 valence electrons. The molecule has 2 N–H and O–H groups in total. The lowest BCUT2D eigenvalue weighted by atomic mass is 10.2. The monoisotopic (exact) mass is 220 g/mol. The topological polar surface area (TPSA) is 45.4 Å². The molecule has 1 aromatic heterocycles. The van der Waals surface area contributed by atoms with Crippen molar-refractivity contribution in [3.63, 3.8) is 0 Å². The average Bonchev–Trinajstić information content (AvgIpc) is 2.22. The third kappa shape index (κ3) is 2.11. The Bertz CT molecular complexity index is 377. The molecule has 0 aromatic carbocycles. The molecular weight excluding hydrogens is 200 g/mol. The highest BCUT2D eigenvalue weighted by atomic mass is 15.3. The van der Waals surface area contributed by atoms with E-state index in [0.29, 0.717) is 6.04 Å². The number of pyridine rings is 1. The Hall–Kier alpha value is -1.29. The lowest BCUT2D eigenvalue weighted by Crippen LogP contribution is -2.50. The molecule has 2 heterocycles. The summed E-state index contributed by atoms with van der Waals surface area (Å²) in [6.45, 7) is 7.31. The molecule has 0 bridgehead atoms. The van der Waals surface area contributed by atoms with Gasteiger partial charge in [-0.15, -0.1) is 0 Å². The number of nitrogens with two attached hydrogens (primary N) is 1. The first-order valence-corrected chi connectivity index (χ1v) is 5.75. The minimum atomic E-state index is 0.552. The van der Waals surface area contributed by atoms with Crippen molar-refractivity contribution in [3.05, 3.63) is 17.8 Å². The van der Waals surface area contributed by atoms with E-state index in [1.165, 1.54) is 0 Å². The van der Waals surface area contributed by atoms with Gasteiger partial charge in [0.15, 0.2) is 5.82 Å². The zero-order valence-electron chi connectivity index (χ0n) is 10.3. The van der Waals surface area contributed by atoms with Gasteiger partial charge in [0.05, 0.1) is 5.69 Å².